The molecule has 0 aliphatic rings. The van der Waals surface area contributed by atoms with Crippen LogP contribution in [0.1, 0.15) is 345 Å². The molecule has 0 aromatic heterocycles. The van der Waals surface area contributed by atoms with Crippen molar-refractivity contribution >= 4 is 38.7 Å². The van der Waals surface area contributed by atoms with Gasteiger partial charge in [0, 0.05) is 43.0 Å². The summed E-state index contributed by atoms with van der Waals surface area (Å²) >= 11 is 3.97. The number of rotatable bonds is 38. The van der Waals surface area contributed by atoms with Crippen LogP contribution in [0.3, 0.4) is 0 Å². The fourth-order valence-corrected chi connectivity index (χ4v) is 17.3. The maximum atomic E-state index is 11.3. The molecule has 104 heavy (non-hydrogen) atoms. The molecule has 0 saturated heterocycles. The van der Waals surface area contributed by atoms with Gasteiger partial charge in [-0.2, -0.15) is 0 Å². The summed E-state index contributed by atoms with van der Waals surface area (Å²) in [7, 11) is -9.34. The first kappa shape index (κ1) is 98.9. The summed E-state index contributed by atoms with van der Waals surface area (Å²) in [5, 5.41) is 21.5. The molecular formula is C90H138Ni2O8P2S2+. The zero-order valence-corrected chi connectivity index (χ0v) is 73.1. The molecule has 0 fully saturated rings. The van der Waals surface area contributed by atoms with Gasteiger partial charge in [0.1, 0.15) is 11.5 Å². The summed E-state index contributed by atoms with van der Waals surface area (Å²) in [5.41, 5.74) is 10.1. The molecule has 6 aromatic rings. The Morgan fingerprint density at radius 2 is 0.538 bits per heavy atom. The van der Waals surface area contributed by atoms with Gasteiger partial charge in [-0.05, 0) is 166 Å². The molecule has 1 radical (unpaired) electrons. The molecule has 0 atom stereocenters. The molecule has 0 aliphatic carbocycles. The van der Waals surface area contributed by atoms with Crippen LogP contribution in [-0.2, 0) is 115 Å². The Morgan fingerprint density at radius 3 is 0.731 bits per heavy atom. The van der Waals surface area contributed by atoms with E-state index < -0.39 is 27.5 Å². The number of benzene rings is 6. The number of unbranched alkanes of at least 4 members (excludes halogenated alkanes) is 20. The fraction of sp³-hybridized carbons (Fsp3) is 0.600. The third-order valence-corrected chi connectivity index (χ3v) is 23.0. The monoisotopic (exact) mass is 1590 g/mol. The van der Waals surface area contributed by atoms with E-state index in [-0.39, 0.29) is 66.1 Å². The molecule has 0 aliphatic heterocycles. The Labute approximate surface area is 663 Å². The van der Waals surface area contributed by atoms with Crippen LogP contribution in [0.15, 0.2) is 129 Å². The molecule has 0 spiro atoms. The van der Waals surface area contributed by atoms with Gasteiger partial charge in [0.2, 0.25) is 0 Å². The average Bonchev–Trinajstić information content (AvgIpc) is 0.765. The van der Waals surface area contributed by atoms with Gasteiger partial charge in [-0.15, -0.1) is 0 Å². The first-order valence-corrected chi connectivity index (χ1v) is 44.6. The number of phenolic OH excluding ortho intramolecular Hbond substituents is 2. The third kappa shape index (κ3) is 37.5. The van der Waals surface area contributed by atoms with Gasteiger partial charge < -0.3 is 38.9 Å². The van der Waals surface area contributed by atoms with Crippen molar-refractivity contribution in [1.82, 2.24) is 0 Å². The molecule has 6 aromatic carbocycles. The second-order valence-electron chi connectivity index (χ2n) is 32.5. The second kappa shape index (κ2) is 50.7. The summed E-state index contributed by atoms with van der Waals surface area (Å²) in [6.45, 7) is 36.6. The summed E-state index contributed by atoms with van der Waals surface area (Å²) in [6.07, 6.45) is 37.8. The van der Waals surface area contributed by atoms with Gasteiger partial charge in [0.05, 0.1) is 0 Å². The zero-order valence-electron chi connectivity index (χ0n) is 67.7. The Balaban J connectivity index is 0.000000695. The molecule has 587 valence electrons. The van der Waals surface area contributed by atoms with E-state index in [9.17, 15) is 38.9 Å². The predicted octanol–water partition coefficient (Wildman–Crippen LogP) is 25.2. The smallest absolute Gasteiger partial charge is 0.810 e. The van der Waals surface area contributed by atoms with Gasteiger partial charge in [0.15, 0.2) is 0 Å². The van der Waals surface area contributed by atoms with Crippen LogP contribution < -0.4 is 19.6 Å². The van der Waals surface area contributed by atoms with Crippen LogP contribution in [0.4, 0.5) is 0 Å². The molecule has 0 amide bonds. The van der Waals surface area contributed by atoms with Crippen molar-refractivity contribution < 1.29 is 71.9 Å². The predicted molar refractivity (Wildman–Crippen MR) is 435 cm³/mol. The fourth-order valence-electron chi connectivity index (χ4n) is 13.7. The number of hydrogen-bond acceptors (Lipinski definition) is 10. The summed E-state index contributed by atoms with van der Waals surface area (Å²) in [6, 6.07) is 39.6. The van der Waals surface area contributed by atoms with Crippen molar-refractivity contribution in [2.75, 3.05) is 0 Å². The summed E-state index contributed by atoms with van der Waals surface area (Å²) in [5.74, 6) is 0.430. The van der Waals surface area contributed by atoms with Crippen LogP contribution in [0.25, 0.3) is 0 Å². The van der Waals surface area contributed by atoms with Gasteiger partial charge in [-0.25, -0.2) is 0 Å². The quantitative estimate of drug-likeness (QED) is 0.0216. The van der Waals surface area contributed by atoms with Crippen molar-refractivity contribution in [2.24, 2.45) is 0 Å². The Kier molecular flexibility index (Phi) is 48.2. The maximum Gasteiger partial charge on any atom is 3.00 e. The van der Waals surface area contributed by atoms with E-state index in [1.807, 2.05) is 120 Å². The van der Waals surface area contributed by atoms with E-state index in [1.165, 1.54) is 222 Å². The molecular weight excluding hydrogens is 1450 g/mol. The number of hydrogen-bond donors (Lipinski definition) is 2. The number of aryl methyl sites for hydroxylation is 4. The van der Waals surface area contributed by atoms with Crippen molar-refractivity contribution in [1.29, 1.82) is 0 Å². The first-order valence-electron chi connectivity index (χ1n) is 39.5. The first-order chi connectivity index (χ1) is 48.1. The largest absolute Gasteiger partial charge is 3.00 e. The van der Waals surface area contributed by atoms with E-state index in [4.69, 9.17) is 0 Å². The van der Waals surface area contributed by atoms with Crippen LogP contribution in [-0.4, -0.2) is 10.2 Å². The Hall–Kier alpha value is -3.09. The summed E-state index contributed by atoms with van der Waals surface area (Å²) < 4.78 is 22.6. The SMILES string of the molecule is CCCCCCCCc1ccccc1Sc1ccccc1CCCCCCCC.CCCCCCCCc1ccccc1Sc1ccccc1CCCCCCCC.CCc1c(CP(=O)([O-])[O-])cc(C(C)(C)C)c(O)c1C(C)(C)C.CCc1c(CP(=O)([O-])[O-])cc(C(C)(C)C)c(O)c1C(C)(C)C.[Ni+2].[Ni+3]. The van der Waals surface area contributed by atoms with E-state index >= 15 is 0 Å². The molecule has 6 rings (SSSR count). The van der Waals surface area contributed by atoms with E-state index in [2.05, 4.69) is 125 Å². The van der Waals surface area contributed by atoms with Crippen molar-refractivity contribution in [3.63, 3.8) is 0 Å². The van der Waals surface area contributed by atoms with Gasteiger partial charge in [-0.1, -0.05) is 377 Å². The van der Waals surface area contributed by atoms with Crippen LogP contribution in [0.2, 0.25) is 0 Å². The topological polar surface area (TPSA) is 167 Å². The van der Waals surface area contributed by atoms with Crippen LogP contribution >= 0.6 is 38.7 Å². The van der Waals surface area contributed by atoms with Crippen LogP contribution in [0, 0.1) is 0 Å². The minimum atomic E-state index is -4.67. The Bertz CT molecular complexity index is 3120. The molecule has 0 bridgehead atoms. The maximum absolute atomic E-state index is 11.3. The van der Waals surface area contributed by atoms with E-state index in [0.717, 1.165) is 22.3 Å². The van der Waals surface area contributed by atoms with Gasteiger partial charge in [0.25, 0.3) is 0 Å². The molecule has 8 nitrogen and oxygen atoms in total. The molecule has 0 saturated carbocycles. The van der Waals surface area contributed by atoms with Gasteiger partial charge in [-0.3, -0.25) is 0 Å². The zero-order chi connectivity index (χ0) is 76.2. The summed E-state index contributed by atoms with van der Waals surface area (Å²) in [4.78, 5) is 51.0. The molecule has 2 N–H and O–H groups in total. The van der Waals surface area contributed by atoms with E-state index in [1.54, 1.807) is 12.1 Å². The number of aromatic hydroxyl groups is 2. The van der Waals surface area contributed by atoms with Crippen molar-refractivity contribution in [3.05, 3.63) is 176 Å². The second-order valence-corrected chi connectivity index (χ2v) is 37.8. The van der Waals surface area contributed by atoms with Crippen LogP contribution in [0.5, 0.6) is 11.5 Å². The minimum Gasteiger partial charge on any atom is -0.810 e. The normalized spacial score (nSPS) is 11.9. The third-order valence-electron chi connectivity index (χ3n) is 19.1. The molecule has 0 heterocycles. The molecule has 0 unspecified atom stereocenters. The minimum absolute atomic E-state index is 0. The van der Waals surface area contributed by atoms with Crippen molar-refractivity contribution in [2.45, 2.75) is 371 Å². The van der Waals surface area contributed by atoms with Crippen molar-refractivity contribution in [3.8, 4) is 11.5 Å². The molecule has 14 heteroatoms. The van der Waals surface area contributed by atoms with Gasteiger partial charge >= 0.3 is 33.0 Å². The number of phenols is 2. The standard InChI is InChI=1S/2C28H42S.2C17H29O4P.2Ni/c2*1-3-5-7-9-11-13-19-25-21-15-17-23-27(25)29-28-24-18-16-22-26(28)20-14-12-10-8-6-4-2;2*1-8-12-11(10-22(19,20)21)9-13(16(2,3)4)15(18)14(12)17(5,6)7;;/h2*15-18,21-24H,3-14,19-20H2,1-2H3;2*9,18H,8,10H2,1-7H3,(H2,19,20,21);;/q;;;;+2;+3/p-4. The average molecular weight is 1590 g/mol. The van der Waals surface area contributed by atoms with E-state index in [0.29, 0.717) is 35.1 Å². The Morgan fingerprint density at radius 1 is 0.327 bits per heavy atom.